The Morgan fingerprint density at radius 3 is 2.66 bits per heavy atom. The minimum atomic E-state index is -0.788. The van der Waals surface area contributed by atoms with Crippen molar-refractivity contribution in [3.8, 4) is 18.1 Å². The second-order valence-corrected chi connectivity index (χ2v) is 7.34. The van der Waals surface area contributed by atoms with Crippen LogP contribution in [0, 0.1) is 26.2 Å². The van der Waals surface area contributed by atoms with Crippen LogP contribution in [0.25, 0.3) is 6.08 Å². The minimum absolute atomic E-state index is 0.0328. The molecule has 1 aliphatic rings. The van der Waals surface area contributed by atoms with Gasteiger partial charge in [-0.05, 0) is 55.3 Å². The molecule has 0 aromatic heterocycles. The highest BCUT2D eigenvalue weighted by molar-refractivity contribution is 9.10. The molecule has 0 saturated carbocycles. The molecule has 0 radical (unpaired) electrons. The number of hydrogen-bond donors (Lipinski definition) is 1. The first kappa shape index (κ1) is 20.4. The molecule has 29 heavy (non-hydrogen) atoms. The Labute approximate surface area is 176 Å². The summed E-state index contributed by atoms with van der Waals surface area (Å²) in [6.07, 6.45) is 6.63. The zero-order chi connectivity index (χ0) is 21.1. The molecule has 2 aromatic carbocycles. The van der Waals surface area contributed by atoms with Crippen molar-refractivity contribution in [1.29, 1.82) is 0 Å². The van der Waals surface area contributed by atoms with Crippen LogP contribution in [0.5, 0.6) is 5.75 Å². The number of benzene rings is 2. The summed E-state index contributed by atoms with van der Waals surface area (Å²) in [5, 5.41) is 2.23. The maximum Gasteiger partial charge on any atom is 0.335 e. The molecule has 3 rings (SSSR count). The highest BCUT2D eigenvalue weighted by Crippen LogP contribution is 2.29. The largest absolute Gasteiger partial charge is 0.480 e. The van der Waals surface area contributed by atoms with Gasteiger partial charge in [0.15, 0.2) is 0 Å². The molecule has 6 nitrogen and oxygen atoms in total. The van der Waals surface area contributed by atoms with Crippen molar-refractivity contribution in [2.75, 3.05) is 11.5 Å². The van der Waals surface area contributed by atoms with E-state index in [9.17, 15) is 14.4 Å². The topological polar surface area (TPSA) is 75.7 Å². The van der Waals surface area contributed by atoms with Gasteiger partial charge >= 0.3 is 6.03 Å². The molecule has 1 aliphatic heterocycles. The molecule has 1 saturated heterocycles. The molecule has 2 aromatic rings. The molecule has 0 spiro atoms. The maximum absolute atomic E-state index is 13.1. The quantitative estimate of drug-likeness (QED) is 0.435. The van der Waals surface area contributed by atoms with E-state index < -0.39 is 17.8 Å². The second kappa shape index (κ2) is 8.33. The zero-order valence-corrected chi connectivity index (χ0v) is 17.4. The summed E-state index contributed by atoms with van der Waals surface area (Å²) < 4.78 is 6.22. The summed E-state index contributed by atoms with van der Waals surface area (Å²) in [4.78, 5) is 38.9. The number of imide groups is 2. The van der Waals surface area contributed by atoms with Crippen LogP contribution in [0.15, 0.2) is 46.4 Å². The first-order chi connectivity index (χ1) is 13.8. The van der Waals surface area contributed by atoms with Crippen molar-refractivity contribution in [2.24, 2.45) is 0 Å². The Morgan fingerprint density at radius 1 is 1.17 bits per heavy atom. The molecular formula is C22H17BrN2O4. The SMILES string of the molecule is C#CCOc1ccc(Br)cc1/C=C1\C(=O)NC(=O)N(c2cc(C)ccc2C)C1=O. The van der Waals surface area contributed by atoms with E-state index in [-0.39, 0.29) is 12.2 Å². The van der Waals surface area contributed by atoms with Crippen LogP contribution >= 0.6 is 15.9 Å². The van der Waals surface area contributed by atoms with Crippen molar-refractivity contribution in [3.63, 3.8) is 0 Å². The van der Waals surface area contributed by atoms with Crippen LogP contribution in [0.4, 0.5) is 10.5 Å². The third-order valence-corrected chi connectivity index (χ3v) is 4.78. The van der Waals surface area contributed by atoms with E-state index in [4.69, 9.17) is 11.2 Å². The average molecular weight is 453 g/mol. The Hall–Kier alpha value is -3.37. The predicted octanol–water partition coefficient (Wildman–Crippen LogP) is 3.74. The van der Waals surface area contributed by atoms with Gasteiger partial charge in [-0.3, -0.25) is 14.9 Å². The smallest absolute Gasteiger partial charge is 0.335 e. The molecular weight excluding hydrogens is 436 g/mol. The third-order valence-electron chi connectivity index (χ3n) is 4.29. The van der Waals surface area contributed by atoms with Gasteiger partial charge in [0.05, 0.1) is 5.69 Å². The minimum Gasteiger partial charge on any atom is -0.480 e. The van der Waals surface area contributed by atoms with E-state index in [1.807, 2.05) is 19.1 Å². The zero-order valence-electron chi connectivity index (χ0n) is 15.8. The van der Waals surface area contributed by atoms with Gasteiger partial charge in [0.25, 0.3) is 11.8 Å². The lowest BCUT2D eigenvalue weighted by molar-refractivity contribution is -0.122. The van der Waals surface area contributed by atoms with E-state index in [0.717, 1.165) is 20.5 Å². The lowest BCUT2D eigenvalue weighted by Crippen LogP contribution is -2.54. The van der Waals surface area contributed by atoms with Crippen molar-refractivity contribution < 1.29 is 19.1 Å². The summed E-state index contributed by atoms with van der Waals surface area (Å²) in [5.41, 5.74) is 2.32. The molecule has 4 amide bonds. The predicted molar refractivity (Wildman–Crippen MR) is 113 cm³/mol. The van der Waals surface area contributed by atoms with Crippen LogP contribution in [0.3, 0.4) is 0 Å². The number of hydrogen-bond acceptors (Lipinski definition) is 4. The van der Waals surface area contributed by atoms with E-state index in [1.165, 1.54) is 6.08 Å². The summed E-state index contributed by atoms with van der Waals surface area (Å²) in [6.45, 7) is 3.67. The number of halogens is 1. The third kappa shape index (κ3) is 4.23. The number of carbonyl (C=O) groups is 3. The molecule has 1 fully saturated rings. The van der Waals surface area contributed by atoms with Gasteiger partial charge < -0.3 is 4.74 Å². The van der Waals surface area contributed by atoms with Gasteiger partial charge in [-0.25, -0.2) is 9.69 Å². The van der Waals surface area contributed by atoms with Crippen LogP contribution in [0.1, 0.15) is 16.7 Å². The number of barbiturate groups is 1. The van der Waals surface area contributed by atoms with Gasteiger partial charge in [-0.2, -0.15) is 0 Å². The maximum atomic E-state index is 13.1. The van der Waals surface area contributed by atoms with Crippen molar-refractivity contribution in [1.82, 2.24) is 5.32 Å². The van der Waals surface area contributed by atoms with Crippen molar-refractivity contribution in [2.45, 2.75) is 13.8 Å². The van der Waals surface area contributed by atoms with Gasteiger partial charge in [0.1, 0.15) is 17.9 Å². The van der Waals surface area contributed by atoms with Crippen LogP contribution in [-0.4, -0.2) is 24.5 Å². The van der Waals surface area contributed by atoms with Gasteiger partial charge in [-0.1, -0.05) is 34.0 Å². The Kier molecular flexibility index (Phi) is 5.85. The highest BCUT2D eigenvalue weighted by Gasteiger charge is 2.37. The van der Waals surface area contributed by atoms with Gasteiger partial charge in [0, 0.05) is 10.0 Å². The lowest BCUT2D eigenvalue weighted by Gasteiger charge is -2.28. The number of urea groups is 1. The molecule has 1 N–H and O–H groups in total. The molecule has 7 heteroatoms. The molecule has 1 heterocycles. The Bertz CT molecular complexity index is 1100. The van der Waals surface area contributed by atoms with Crippen molar-refractivity contribution in [3.05, 3.63) is 63.1 Å². The van der Waals surface area contributed by atoms with Gasteiger partial charge in [0.2, 0.25) is 0 Å². The summed E-state index contributed by atoms with van der Waals surface area (Å²) in [5.74, 6) is 1.30. The van der Waals surface area contributed by atoms with Crippen LogP contribution < -0.4 is 15.0 Å². The number of carbonyl (C=O) groups excluding carboxylic acids is 3. The van der Waals surface area contributed by atoms with E-state index in [1.54, 1.807) is 31.2 Å². The number of ether oxygens (including phenoxy) is 1. The number of nitrogens with one attached hydrogen (secondary N) is 1. The number of nitrogens with zero attached hydrogens (tertiary/aromatic N) is 1. The van der Waals surface area contributed by atoms with E-state index in [0.29, 0.717) is 17.0 Å². The lowest BCUT2D eigenvalue weighted by atomic mass is 10.0. The number of rotatable bonds is 4. The fourth-order valence-electron chi connectivity index (χ4n) is 2.88. The molecule has 146 valence electrons. The number of anilines is 1. The molecule has 0 unspecified atom stereocenters. The van der Waals surface area contributed by atoms with Crippen LogP contribution in [-0.2, 0) is 9.59 Å². The molecule has 0 atom stereocenters. The standard InChI is InChI=1S/C22H17BrN2O4/c1-4-9-29-19-8-7-16(23)11-15(19)12-17-20(26)24-22(28)25(21(17)27)18-10-13(2)5-6-14(18)3/h1,5-8,10-12H,9H2,2-3H3,(H,24,26,28)/b17-12+. The first-order valence-corrected chi connectivity index (χ1v) is 9.45. The number of aryl methyl sites for hydroxylation is 2. The summed E-state index contributed by atoms with van der Waals surface area (Å²) >= 11 is 3.36. The van der Waals surface area contributed by atoms with E-state index in [2.05, 4.69) is 27.2 Å². The first-order valence-electron chi connectivity index (χ1n) is 8.66. The molecule has 0 aliphatic carbocycles. The summed E-state index contributed by atoms with van der Waals surface area (Å²) in [7, 11) is 0. The average Bonchev–Trinajstić information content (AvgIpc) is 2.67. The monoisotopic (exact) mass is 452 g/mol. The summed E-state index contributed by atoms with van der Waals surface area (Å²) in [6, 6.07) is 9.74. The Morgan fingerprint density at radius 2 is 1.93 bits per heavy atom. The number of terminal acetylenes is 1. The Balaban J connectivity index is 2.08. The van der Waals surface area contributed by atoms with Crippen LogP contribution in [0.2, 0.25) is 0 Å². The highest BCUT2D eigenvalue weighted by atomic mass is 79.9. The fraction of sp³-hybridized carbons (Fsp3) is 0.136. The van der Waals surface area contributed by atoms with E-state index >= 15 is 0 Å². The fourth-order valence-corrected chi connectivity index (χ4v) is 3.25. The normalized spacial score (nSPS) is 15.3. The molecule has 0 bridgehead atoms. The number of amides is 4. The second-order valence-electron chi connectivity index (χ2n) is 6.42. The van der Waals surface area contributed by atoms with Crippen molar-refractivity contribution >= 4 is 45.5 Å². The van der Waals surface area contributed by atoms with Gasteiger partial charge in [-0.15, -0.1) is 6.42 Å².